The minimum absolute atomic E-state index is 0.000731. The molecule has 4 rings (SSSR count). The highest BCUT2D eigenvalue weighted by molar-refractivity contribution is 7.89. The molecule has 10 heteroatoms. The highest BCUT2D eigenvalue weighted by Gasteiger charge is 2.45. The number of hydrogen-bond donors (Lipinski definition) is 1. The fraction of sp³-hybridized carbons (Fsp3) is 0.385. The van der Waals surface area contributed by atoms with Crippen molar-refractivity contribution in [1.29, 1.82) is 0 Å². The van der Waals surface area contributed by atoms with Gasteiger partial charge in [0.1, 0.15) is 5.76 Å². The summed E-state index contributed by atoms with van der Waals surface area (Å²) in [4.78, 5) is 30.1. The second-order valence-electron chi connectivity index (χ2n) is 9.02. The molecule has 0 unspecified atom stereocenters. The highest BCUT2D eigenvalue weighted by atomic mass is 32.2. The van der Waals surface area contributed by atoms with Crippen molar-refractivity contribution in [1.82, 2.24) is 14.1 Å². The van der Waals surface area contributed by atoms with Gasteiger partial charge >= 0.3 is 0 Å². The first kappa shape index (κ1) is 26.0. The number of rotatable bonds is 8. The number of sulfonamides is 1. The number of hydrogen-bond acceptors (Lipinski definition) is 7. The third kappa shape index (κ3) is 5.22. The summed E-state index contributed by atoms with van der Waals surface area (Å²) in [5, 5.41) is 11.2. The molecule has 2 aliphatic heterocycles. The van der Waals surface area contributed by atoms with Gasteiger partial charge in [0.05, 0.1) is 29.7 Å². The number of benzene rings is 2. The average Bonchev–Trinajstić information content (AvgIpc) is 3.14. The summed E-state index contributed by atoms with van der Waals surface area (Å²) in [6.45, 7) is 4.17. The number of carbonyl (C=O) groups is 2. The fourth-order valence-electron chi connectivity index (χ4n) is 4.53. The number of morpholine rings is 1. The molecule has 36 heavy (non-hydrogen) atoms. The molecule has 0 bridgehead atoms. The summed E-state index contributed by atoms with van der Waals surface area (Å²) in [7, 11) is -0.777. The van der Waals surface area contributed by atoms with Gasteiger partial charge < -0.3 is 14.7 Å². The first-order chi connectivity index (χ1) is 17.2. The zero-order valence-corrected chi connectivity index (χ0v) is 21.3. The number of likely N-dealkylation sites (tertiary alicyclic amines) is 1. The van der Waals surface area contributed by atoms with E-state index in [2.05, 4.69) is 4.90 Å². The Kier molecular flexibility index (Phi) is 7.89. The van der Waals surface area contributed by atoms with E-state index in [-0.39, 0.29) is 21.8 Å². The minimum atomic E-state index is -3.65. The number of ether oxygens (including phenoxy) is 1. The van der Waals surface area contributed by atoms with Crippen molar-refractivity contribution in [3.8, 4) is 0 Å². The Morgan fingerprint density at radius 3 is 2.25 bits per heavy atom. The number of aliphatic hydroxyl groups excluding tert-OH is 1. The molecule has 2 aliphatic rings. The van der Waals surface area contributed by atoms with Crippen molar-refractivity contribution in [2.24, 2.45) is 0 Å². The van der Waals surface area contributed by atoms with E-state index in [9.17, 15) is 23.1 Å². The van der Waals surface area contributed by atoms with E-state index in [0.29, 0.717) is 26.2 Å². The molecule has 2 heterocycles. The lowest BCUT2D eigenvalue weighted by molar-refractivity contribution is -0.140. The van der Waals surface area contributed by atoms with Crippen LogP contribution in [0.25, 0.3) is 5.76 Å². The third-order valence-corrected chi connectivity index (χ3v) is 8.37. The zero-order chi connectivity index (χ0) is 25.9. The van der Waals surface area contributed by atoms with Crippen LogP contribution in [-0.2, 0) is 24.3 Å². The summed E-state index contributed by atoms with van der Waals surface area (Å²) in [5.41, 5.74) is 0.983. The number of Topliss-reactive ketones (excluding diaryl/α,β-unsaturated/α-hetero) is 1. The van der Waals surface area contributed by atoms with Crippen LogP contribution in [0.15, 0.2) is 65.1 Å². The Bertz CT molecular complexity index is 1240. The third-order valence-electron chi connectivity index (χ3n) is 6.54. The molecular weight excluding hydrogens is 482 g/mol. The number of ketones is 1. The molecule has 0 saturated carbocycles. The molecule has 0 radical (unpaired) electrons. The lowest BCUT2D eigenvalue weighted by atomic mass is 9.95. The minimum Gasteiger partial charge on any atom is -0.507 e. The van der Waals surface area contributed by atoms with Crippen LogP contribution >= 0.6 is 0 Å². The van der Waals surface area contributed by atoms with Gasteiger partial charge in [0.15, 0.2) is 0 Å². The molecule has 2 aromatic carbocycles. The standard InChI is InChI=1S/C26H31N3O6S/c1-27(2)36(33,34)21-11-9-20(10-12-21)24(30)22-23(19-7-4-3-5-8-19)29(26(32)25(22)31)14-6-13-28-15-17-35-18-16-28/h3-5,7-12,23,30H,6,13-18H2,1-2H3/b24-22+/t23-/m1/s1. The number of carbonyl (C=O) groups excluding carboxylic acids is 2. The largest absolute Gasteiger partial charge is 0.507 e. The second kappa shape index (κ2) is 10.9. The van der Waals surface area contributed by atoms with Gasteiger partial charge in [-0.25, -0.2) is 12.7 Å². The van der Waals surface area contributed by atoms with Crippen molar-refractivity contribution < 1.29 is 27.9 Å². The Balaban J connectivity index is 1.66. The lowest BCUT2D eigenvalue weighted by Gasteiger charge is -2.29. The molecular formula is C26H31N3O6S. The second-order valence-corrected chi connectivity index (χ2v) is 11.2. The van der Waals surface area contributed by atoms with Crippen LogP contribution in [-0.4, -0.2) is 92.8 Å². The number of nitrogens with zero attached hydrogens (tertiary/aromatic N) is 3. The van der Waals surface area contributed by atoms with Gasteiger partial charge in [-0.3, -0.25) is 14.5 Å². The first-order valence-corrected chi connectivity index (χ1v) is 13.3. The smallest absolute Gasteiger partial charge is 0.295 e. The van der Waals surface area contributed by atoms with Crippen LogP contribution in [0, 0.1) is 0 Å². The van der Waals surface area contributed by atoms with E-state index >= 15 is 0 Å². The maximum absolute atomic E-state index is 13.2. The highest BCUT2D eigenvalue weighted by Crippen LogP contribution is 2.39. The molecule has 9 nitrogen and oxygen atoms in total. The maximum Gasteiger partial charge on any atom is 0.295 e. The molecule has 2 fully saturated rings. The van der Waals surface area contributed by atoms with Crippen LogP contribution < -0.4 is 0 Å². The first-order valence-electron chi connectivity index (χ1n) is 11.9. The molecule has 1 N–H and O–H groups in total. The summed E-state index contributed by atoms with van der Waals surface area (Å²) >= 11 is 0. The van der Waals surface area contributed by atoms with Crippen LogP contribution in [0.1, 0.15) is 23.6 Å². The molecule has 0 aliphatic carbocycles. The maximum atomic E-state index is 13.2. The van der Waals surface area contributed by atoms with E-state index in [4.69, 9.17) is 4.74 Å². The van der Waals surface area contributed by atoms with E-state index < -0.39 is 27.8 Å². The van der Waals surface area contributed by atoms with Gasteiger partial charge in [0, 0.05) is 45.8 Å². The fourth-order valence-corrected chi connectivity index (χ4v) is 5.43. The van der Waals surface area contributed by atoms with E-state index in [1.165, 1.54) is 43.3 Å². The Hall–Kier alpha value is -3.05. The summed E-state index contributed by atoms with van der Waals surface area (Å²) in [6.07, 6.45) is 0.674. The van der Waals surface area contributed by atoms with Gasteiger partial charge in [-0.1, -0.05) is 30.3 Å². The molecule has 0 spiro atoms. The molecule has 2 aromatic rings. The molecule has 0 aromatic heterocycles. The van der Waals surface area contributed by atoms with E-state index in [0.717, 1.165) is 29.5 Å². The topological polar surface area (TPSA) is 107 Å². The lowest BCUT2D eigenvalue weighted by Crippen LogP contribution is -2.38. The van der Waals surface area contributed by atoms with Crippen molar-refractivity contribution in [3.05, 3.63) is 71.3 Å². The Morgan fingerprint density at radius 2 is 1.64 bits per heavy atom. The van der Waals surface area contributed by atoms with Crippen molar-refractivity contribution in [2.75, 3.05) is 53.5 Å². The number of aliphatic hydroxyl groups is 1. The Morgan fingerprint density at radius 1 is 1.00 bits per heavy atom. The molecule has 1 amide bonds. The van der Waals surface area contributed by atoms with Gasteiger partial charge in [0.25, 0.3) is 11.7 Å². The normalized spacial score (nSPS) is 20.9. The Labute approximate surface area is 211 Å². The predicted octanol–water partition coefficient (Wildman–Crippen LogP) is 2.08. The van der Waals surface area contributed by atoms with Crippen molar-refractivity contribution >= 4 is 27.5 Å². The van der Waals surface area contributed by atoms with Gasteiger partial charge in [-0.15, -0.1) is 0 Å². The van der Waals surface area contributed by atoms with Crippen LogP contribution in [0.3, 0.4) is 0 Å². The molecule has 2 saturated heterocycles. The monoisotopic (exact) mass is 513 g/mol. The molecule has 192 valence electrons. The average molecular weight is 514 g/mol. The van der Waals surface area contributed by atoms with Gasteiger partial charge in [-0.05, 0) is 36.2 Å². The van der Waals surface area contributed by atoms with Crippen molar-refractivity contribution in [3.63, 3.8) is 0 Å². The van der Waals surface area contributed by atoms with E-state index in [1.807, 2.05) is 30.3 Å². The quantitative estimate of drug-likeness (QED) is 0.327. The SMILES string of the molecule is CN(C)S(=O)(=O)c1ccc(/C(O)=C2\C(=O)C(=O)N(CCCN3CCOCC3)[C@@H]2c2ccccc2)cc1. The van der Waals surface area contributed by atoms with Gasteiger partial charge in [0.2, 0.25) is 10.0 Å². The summed E-state index contributed by atoms with van der Waals surface area (Å²) in [5.74, 6) is -1.73. The van der Waals surface area contributed by atoms with E-state index in [1.54, 1.807) is 0 Å². The molecule has 1 atom stereocenters. The zero-order valence-electron chi connectivity index (χ0n) is 20.5. The predicted molar refractivity (Wildman–Crippen MR) is 135 cm³/mol. The van der Waals surface area contributed by atoms with Crippen LogP contribution in [0.2, 0.25) is 0 Å². The van der Waals surface area contributed by atoms with Crippen LogP contribution in [0.5, 0.6) is 0 Å². The number of amides is 1. The van der Waals surface area contributed by atoms with Crippen LogP contribution in [0.4, 0.5) is 0 Å². The summed E-state index contributed by atoms with van der Waals surface area (Å²) < 4.78 is 31.3. The summed E-state index contributed by atoms with van der Waals surface area (Å²) in [6, 6.07) is 14.0. The van der Waals surface area contributed by atoms with Gasteiger partial charge in [-0.2, -0.15) is 0 Å². The van der Waals surface area contributed by atoms with Crippen molar-refractivity contribution in [2.45, 2.75) is 17.4 Å².